The fraction of sp³-hybridized carbons (Fsp3) is 0.0476. The van der Waals surface area contributed by atoms with E-state index in [1.807, 2.05) is 61.5 Å². The first kappa shape index (κ1) is 16.5. The van der Waals surface area contributed by atoms with Crippen molar-refractivity contribution in [1.29, 1.82) is 0 Å². The van der Waals surface area contributed by atoms with E-state index in [0.29, 0.717) is 5.56 Å². The molecule has 1 aromatic heterocycles. The van der Waals surface area contributed by atoms with Gasteiger partial charge in [-0.15, -0.1) is 0 Å². The van der Waals surface area contributed by atoms with Crippen LogP contribution in [0.2, 0.25) is 0 Å². The van der Waals surface area contributed by atoms with Gasteiger partial charge in [0.1, 0.15) is 0 Å². The highest BCUT2D eigenvalue weighted by molar-refractivity contribution is 9.10. The second-order valence-corrected chi connectivity index (χ2v) is 6.94. The van der Waals surface area contributed by atoms with Crippen molar-refractivity contribution in [2.75, 3.05) is 0 Å². The Morgan fingerprint density at radius 1 is 1.00 bits per heavy atom. The maximum Gasteiger partial charge on any atom is 0.280 e. The summed E-state index contributed by atoms with van der Waals surface area (Å²) in [5.74, 6) is 0. The van der Waals surface area contributed by atoms with E-state index in [1.165, 1.54) is 4.68 Å². The lowest BCUT2D eigenvalue weighted by Crippen LogP contribution is -2.17. The van der Waals surface area contributed by atoms with Gasteiger partial charge in [-0.2, -0.15) is 0 Å². The zero-order valence-corrected chi connectivity index (χ0v) is 15.7. The molecular weight excluding hydrogens is 390 g/mol. The zero-order chi connectivity index (χ0) is 18.1. The van der Waals surface area contributed by atoms with Gasteiger partial charge in [0.2, 0.25) is 0 Å². The van der Waals surface area contributed by atoms with Crippen LogP contribution in [0.5, 0.6) is 0 Å². The van der Waals surface area contributed by atoms with Gasteiger partial charge >= 0.3 is 0 Å². The van der Waals surface area contributed by atoms with E-state index in [1.54, 1.807) is 6.21 Å². The third kappa shape index (κ3) is 3.02. The number of rotatable bonds is 3. The van der Waals surface area contributed by atoms with E-state index < -0.39 is 0 Å². The van der Waals surface area contributed by atoms with E-state index in [-0.39, 0.29) is 5.56 Å². The molecule has 0 aliphatic heterocycles. The summed E-state index contributed by atoms with van der Waals surface area (Å²) in [7, 11) is 0. The van der Waals surface area contributed by atoms with Crippen molar-refractivity contribution in [2.24, 2.45) is 4.99 Å². The second kappa shape index (κ2) is 6.77. The number of nitrogens with zero attached hydrogens (tertiary/aromatic N) is 2. The number of hydrogen-bond donors (Lipinski definition) is 1. The average Bonchev–Trinajstić information content (AvgIpc) is 2.94. The van der Waals surface area contributed by atoms with Crippen LogP contribution in [0.1, 0.15) is 11.3 Å². The Morgan fingerprint density at radius 2 is 1.73 bits per heavy atom. The molecule has 4 aromatic rings. The zero-order valence-electron chi connectivity index (χ0n) is 14.1. The maximum absolute atomic E-state index is 12.8. The van der Waals surface area contributed by atoms with Crippen molar-refractivity contribution in [3.8, 4) is 5.69 Å². The van der Waals surface area contributed by atoms with Crippen molar-refractivity contribution < 1.29 is 0 Å². The highest BCUT2D eigenvalue weighted by atomic mass is 79.9. The molecule has 0 atom stereocenters. The van der Waals surface area contributed by atoms with Gasteiger partial charge < -0.3 is 0 Å². The van der Waals surface area contributed by atoms with Crippen LogP contribution in [-0.2, 0) is 0 Å². The first-order valence-electron chi connectivity index (χ1n) is 8.23. The van der Waals surface area contributed by atoms with Gasteiger partial charge in [0.25, 0.3) is 5.56 Å². The van der Waals surface area contributed by atoms with Crippen LogP contribution in [-0.4, -0.2) is 16.0 Å². The van der Waals surface area contributed by atoms with Gasteiger partial charge in [-0.25, -0.2) is 4.68 Å². The molecule has 3 aromatic carbocycles. The fourth-order valence-electron chi connectivity index (χ4n) is 2.94. The Balaban J connectivity index is 1.76. The molecule has 1 heterocycles. The number of hydrogen-bond acceptors (Lipinski definition) is 2. The number of fused-ring (bicyclic) bond motifs is 1. The third-order valence-electron chi connectivity index (χ3n) is 4.30. The number of aryl methyl sites for hydroxylation is 1. The Labute approximate surface area is 158 Å². The Bertz CT molecular complexity index is 1160. The van der Waals surface area contributed by atoms with E-state index >= 15 is 0 Å². The summed E-state index contributed by atoms with van der Waals surface area (Å²) in [6.45, 7) is 1.88. The molecule has 4 nitrogen and oxygen atoms in total. The number of aromatic amines is 1. The van der Waals surface area contributed by atoms with Crippen LogP contribution < -0.4 is 5.56 Å². The molecule has 1 N–H and O–H groups in total. The summed E-state index contributed by atoms with van der Waals surface area (Å²) < 4.78 is 2.50. The van der Waals surface area contributed by atoms with Crippen molar-refractivity contribution in [2.45, 2.75) is 6.92 Å². The molecule has 0 amide bonds. The smallest absolute Gasteiger partial charge is 0.280 e. The summed E-state index contributed by atoms with van der Waals surface area (Å²) in [6, 6.07) is 21.6. The van der Waals surface area contributed by atoms with Crippen LogP contribution >= 0.6 is 15.9 Å². The Morgan fingerprint density at radius 3 is 2.54 bits per heavy atom. The molecule has 0 fully saturated rings. The first-order valence-corrected chi connectivity index (χ1v) is 9.02. The average molecular weight is 406 g/mol. The normalized spacial score (nSPS) is 11.5. The number of halogens is 1. The fourth-order valence-corrected chi connectivity index (χ4v) is 3.20. The van der Waals surface area contributed by atoms with Gasteiger partial charge in [0.15, 0.2) is 0 Å². The number of aromatic nitrogens is 2. The number of benzene rings is 3. The third-order valence-corrected chi connectivity index (χ3v) is 4.83. The second-order valence-electron chi connectivity index (χ2n) is 6.02. The molecule has 0 saturated heterocycles. The quantitative estimate of drug-likeness (QED) is 0.471. The monoisotopic (exact) mass is 405 g/mol. The molecule has 5 heteroatoms. The van der Waals surface area contributed by atoms with Crippen molar-refractivity contribution in [3.63, 3.8) is 0 Å². The molecule has 0 saturated carbocycles. The van der Waals surface area contributed by atoms with Crippen LogP contribution in [0.3, 0.4) is 0 Å². The summed E-state index contributed by atoms with van der Waals surface area (Å²) >= 11 is 3.41. The van der Waals surface area contributed by atoms with Gasteiger partial charge in [-0.1, -0.05) is 52.3 Å². The molecule has 26 heavy (non-hydrogen) atoms. The first-order chi connectivity index (χ1) is 12.6. The van der Waals surface area contributed by atoms with E-state index in [9.17, 15) is 4.79 Å². The number of nitrogens with one attached hydrogen (secondary N) is 1. The molecule has 128 valence electrons. The van der Waals surface area contributed by atoms with Gasteiger partial charge in [0, 0.05) is 21.8 Å². The van der Waals surface area contributed by atoms with Crippen LogP contribution in [0, 0.1) is 6.92 Å². The van der Waals surface area contributed by atoms with Gasteiger partial charge in [-0.05, 0) is 42.6 Å². The summed E-state index contributed by atoms with van der Waals surface area (Å²) in [5.41, 5.74) is 2.85. The molecule has 0 unspecified atom stereocenters. The molecule has 0 aliphatic rings. The number of aliphatic imine (C=N–C) groups is 1. The van der Waals surface area contributed by atoms with Crippen LogP contribution in [0.15, 0.2) is 81.0 Å². The Hall–Kier alpha value is -2.92. The van der Waals surface area contributed by atoms with E-state index in [4.69, 9.17) is 0 Å². The highest BCUT2D eigenvalue weighted by Crippen LogP contribution is 2.25. The summed E-state index contributed by atoms with van der Waals surface area (Å²) in [6.07, 6.45) is 1.64. The van der Waals surface area contributed by atoms with E-state index in [2.05, 4.69) is 38.2 Å². The lowest BCUT2D eigenvalue weighted by molar-refractivity contribution is 0.835. The minimum absolute atomic E-state index is 0.117. The van der Waals surface area contributed by atoms with Crippen molar-refractivity contribution in [1.82, 2.24) is 9.78 Å². The number of H-pyrrole nitrogens is 1. The predicted molar refractivity (Wildman–Crippen MR) is 110 cm³/mol. The van der Waals surface area contributed by atoms with Crippen LogP contribution in [0.25, 0.3) is 16.5 Å². The molecule has 0 radical (unpaired) electrons. The van der Waals surface area contributed by atoms with Crippen LogP contribution in [0.4, 0.5) is 5.69 Å². The summed E-state index contributed by atoms with van der Waals surface area (Å²) in [5, 5.41) is 5.31. The molecular formula is C21H16BrN3O. The van der Waals surface area contributed by atoms with E-state index in [0.717, 1.165) is 32.3 Å². The molecule has 0 aliphatic carbocycles. The Kier molecular flexibility index (Phi) is 4.31. The predicted octanol–water partition coefficient (Wildman–Crippen LogP) is 5.14. The van der Waals surface area contributed by atoms with Gasteiger partial charge in [0.05, 0.1) is 16.9 Å². The SMILES string of the molecule is Cc1[nH]n(-c2ccc(Br)cc2)c(=O)c1C=Nc1cccc2ccccc12. The lowest BCUT2D eigenvalue weighted by Gasteiger charge is -2.01. The molecule has 0 bridgehead atoms. The topological polar surface area (TPSA) is 50.1 Å². The minimum Gasteiger partial charge on any atom is -0.295 e. The minimum atomic E-state index is -0.117. The summed E-state index contributed by atoms with van der Waals surface area (Å²) in [4.78, 5) is 17.4. The molecule has 0 spiro atoms. The van der Waals surface area contributed by atoms with Gasteiger partial charge in [-0.3, -0.25) is 14.9 Å². The van der Waals surface area contributed by atoms with Crippen molar-refractivity contribution >= 4 is 38.6 Å². The highest BCUT2D eigenvalue weighted by Gasteiger charge is 2.10. The lowest BCUT2D eigenvalue weighted by atomic mass is 10.1. The maximum atomic E-state index is 12.8. The largest absolute Gasteiger partial charge is 0.295 e. The molecule has 4 rings (SSSR count). The van der Waals surface area contributed by atoms with Crippen molar-refractivity contribution in [3.05, 3.63) is 92.8 Å². The standard InChI is InChI=1S/C21H16BrN3O/c1-14-19(21(26)25(24-14)17-11-9-16(22)10-12-17)13-23-20-8-4-6-15-5-2-3-7-18(15)20/h2-13,24H,1H3.